The van der Waals surface area contributed by atoms with Crippen LogP contribution in [0.1, 0.15) is 18.7 Å². The van der Waals surface area contributed by atoms with Gasteiger partial charge in [0, 0.05) is 19.1 Å². The first-order chi connectivity index (χ1) is 9.03. The first kappa shape index (κ1) is 8.99. The van der Waals surface area contributed by atoms with Gasteiger partial charge < -0.3 is 4.90 Å². The predicted molar refractivity (Wildman–Crippen MR) is 68.7 cm³/mol. The Balaban J connectivity index is 2.29. The van der Waals surface area contributed by atoms with Gasteiger partial charge in [0.2, 0.25) is 0 Å². The van der Waals surface area contributed by atoms with E-state index in [1.165, 1.54) is 7.05 Å². The molecule has 0 saturated carbocycles. The summed E-state index contributed by atoms with van der Waals surface area (Å²) >= 11 is 0. The second-order valence-electron chi connectivity index (χ2n) is 3.71. The van der Waals surface area contributed by atoms with Gasteiger partial charge in [-0.15, -0.1) is 0 Å². The van der Waals surface area contributed by atoms with Crippen molar-refractivity contribution in [1.29, 1.82) is 0 Å². The summed E-state index contributed by atoms with van der Waals surface area (Å²) in [5.74, 6) is -0.338. The Kier molecular flexibility index (Phi) is 2.81. The molecule has 0 fully saturated rings. The smallest absolute Gasteiger partial charge is 0.253 e. The van der Waals surface area contributed by atoms with E-state index in [0.717, 1.165) is 4.90 Å². The molecule has 0 aliphatic heterocycles. The van der Waals surface area contributed by atoms with Crippen molar-refractivity contribution in [3.8, 4) is 0 Å². The van der Waals surface area contributed by atoms with E-state index in [1.807, 2.05) is 12.1 Å². The lowest BCUT2D eigenvalue weighted by atomic mass is 10.1. The fourth-order valence-corrected chi connectivity index (χ4v) is 1.53. The average molecular weight is 227 g/mol. The molecule has 0 radical (unpaired) electrons. The molecule has 0 aliphatic carbocycles. The van der Waals surface area contributed by atoms with Crippen LogP contribution in [0.25, 0.3) is 0 Å². The topological polar surface area (TPSA) is 20.3 Å². The van der Waals surface area contributed by atoms with Crippen molar-refractivity contribution in [3.63, 3.8) is 0 Å². The van der Waals surface area contributed by atoms with Crippen molar-refractivity contribution in [1.82, 2.24) is 4.90 Å². The summed E-state index contributed by atoms with van der Waals surface area (Å²) in [5, 5.41) is 0. The molecule has 0 unspecified atom stereocenters. The van der Waals surface area contributed by atoms with Crippen LogP contribution < -0.4 is 0 Å². The lowest BCUT2D eigenvalue weighted by Gasteiger charge is -2.17. The van der Waals surface area contributed by atoms with E-state index in [1.54, 1.807) is 48.5 Å². The Bertz CT molecular complexity index is 555. The van der Waals surface area contributed by atoms with Gasteiger partial charge >= 0.3 is 0 Å². The minimum absolute atomic E-state index is 0.338. The minimum atomic E-state index is -1.84. The highest BCUT2D eigenvalue weighted by atomic mass is 16.2. The summed E-state index contributed by atoms with van der Waals surface area (Å²) in [6.07, 6.45) is 0. The van der Waals surface area contributed by atoms with Crippen molar-refractivity contribution in [2.24, 2.45) is 0 Å². The highest BCUT2D eigenvalue weighted by molar-refractivity contribution is 5.93. The lowest BCUT2D eigenvalue weighted by molar-refractivity contribution is 0.0785. The first-order valence-corrected chi connectivity index (χ1v) is 5.42. The summed E-state index contributed by atoms with van der Waals surface area (Å²) < 4.78 is 16.2. The number of rotatable bonds is 3. The van der Waals surface area contributed by atoms with E-state index < -0.39 is 6.50 Å². The number of amides is 1. The van der Waals surface area contributed by atoms with Crippen LogP contribution in [0.2, 0.25) is 0 Å². The molecule has 0 N–H and O–H groups in total. The van der Waals surface area contributed by atoms with Crippen LogP contribution in [0.3, 0.4) is 0 Å². The van der Waals surface area contributed by atoms with E-state index >= 15 is 0 Å². The number of nitrogens with zero attached hydrogens (tertiary/aromatic N) is 1. The molecular weight excluding hydrogens is 210 g/mol. The molecule has 1 amide bonds. The molecule has 0 aliphatic rings. The first-order valence-electron chi connectivity index (χ1n) is 6.42. The third-order valence-corrected chi connectivity index (χ3v) is 2.40. The Labute approximate surface area is 104 Å². The Hall–Kier alpha value is -2.09. The Morgan fingerprint density at radius 3 is 2.18 bits per heavy atom. The average Bonchev–Trinajstić information content (AvgIpc) is 2.47. The van der Waals surface area contributed by atoms with Crippen LogP contribution in [0.5, 0.6) is 0 Å². The summed E-state index contributed by atoms with van der Waals surface area (Å²) in [5.41, 5.74) is 0.937. The molecule has 2 aromatic rings. The van der Waals surface area contributed by atoms with Gasteiger partial charge in [-0.3, -0.25) is 4.79 Å². The van der Waals surface area contributed by atoms with Crippen molar-refractivity contribution < 1.29 is 7.54 Å². The van der Waals surface area contributed by atoms with Gasteiger partial charge in [0.25, 0.3) is 5.91 Å². The molecule has 2 rings (SSSR count). The molecule has 0 aromatic heterocycles. The van der Waals surface area contributed by atoms with Crippen molar-refractivity contribution in [2.45, 2.75) is 6.50 Å². The van der Waals surface area contributed by atoms with E-state index in [2.05, 4.69) is 0 Å². The van der Waals surface area contributed by atoms with Gasteiger partial charge in [-0.2, -0.15) is 0 Å². The maximum absolute atomic E-state index is 12.3. The molecule has 17 heavy (non-hydrogen) atoms. The minimum Gasteiger partial charge on any atom is -0.337 e. The second kappa shape index (κ2) is 5.30. The van der Waals surface area contributed by atoms with E-state index in [0.29, 0.717) is 11.1 Å². The third kappa shape index (κ3) is 2.94. The standard InChI is InChI=1S/C15H15NO/c1-16(12-13-8-4-2-5-9-13)15(17)14-10-6-3-7-11-14/h2-11H,12H2,1H3/i12D2. The SMILES string of the molecule is [2H]C([2H])(c1ccccc1)N(C)C(=O)c1ccccc1. The lowest BCUT2D eigenvalue weighted by Crippen LogP contribution is -2.26. The molecule has 86 valence electrons. The number of carbonyl (C=O) groups is 1. The maximum Gasteiger partial charge on any atom is 0.253 e. The zero-order chi connectivity index (χ0) is 13.9. The molecule has 2 aromatic carbocycles. The van der Waals surface area contributed by atoms with Crippen LogP contribution in [-0.2, 0) is 6.50 Å². The third-order valence-electron chi connectivity index (χ3n) is 2.40. The molecule has 0 heterocycles. The fourth-order valence-electron chi connectivity index (χ4n) is 1.53. The van der Waals surface area contributed by atoms with Crippen LogP contribution in [0, 0.1) is 0 Å². The van der Waals surface area contributed by atoms with Crippen LogP contribution in [0.15, 0.2) is 60.7 Å². The molecular formula is C15H15NO. The molecule has 2 nitrogen and oxygen atoms in total. The summed E-state index contributed by atoms with van der Waals surface area (Å²) in [4.78, 5) is 13.4. The van der Waals surface area contributed by atoms with Gasteiger partial charge in [0.15, 0.2) is 0 Å². The predicted octanol–water partition coefficient (Wildman–Crippen LogP) is 2.96. The van der Waals surface area contributed by atoms with Crippen LogP contribution >= 0.6 is 0 Å². The van der Waals surface area contributed by atoms with Gasteiger partial charge in [-0.1, -0.05) is 48.5 Å². The largest absolute Gasteiger partial charge is 0.337 e. The van der Waals surface area contributed by atoms with Crippen molar-refractivity contribution in [2.75, 3.05) is 7.05 Å². The highest BCUT2D eigenvalue weighted by Crippen LogP contribution is 2.07. The van der Waals surface area contributed by atoms with Crippen molar-refractivity contribution >= 4 is 5.91 Å². The van der Waals surface area contributed by atoms with Crippen LogP contribution in [-0.4, -0.2) is 17.9 Å². The number of benzene rings is 2. The molecule has 2 heteroatoms. The normalized spacial score (nSPS) is 12.5. The molecule has 0 spiro atoms. The zero-order valence-corrected chi connectivity index (χ0v) is 9.63. The Morgan fingerprint density at radius 1 is 1.06 bits per heavy atom. The number of hydrogen-bond donors (Lipinski definition) is 0. The second-order valence-corrected chi connectivity index (χ2v) is 3.71. The number of carbonyl (C=O) groups excluding carboxylic acids is 1. The highest BCUT2D eigenvalue weighted by Gasteiger charge is 2.10. The van der Waals surface area contributed by atoms with Crippen molar-refractivity contribution in [3.05, 3.63) is 71.8 Å². The van der Waals surface area contributed by atoms with Gasteiger partial charge in [0.1, 0.15) is 0 Å². The fraction of sp³-hybridized carbons (Fsp3) is 0.133. The molecule has 0 saturated heterocycles. The summed E-state index contributed by atoms with van der Waals surface area (Å²) in [7, 11) is 1.47. The molecule has 0 atom stereocenters. The van der Waals surface area contributed by atoms with E-state index in [4.69, 9.17) is 2.74 Å². The number of hydrogen-bond acceptors (Lipinski definition) is 1. The van der Waals surface area contributed by atoms with E-state index in [9.17, 15) is 4.79 Å². The monoisotopic (exact) mass is 227 g/mol. The Morgan fingerprint density at radius 2 is 1.59 bits per heavy atom. The van der Waals surface area contributed by atoms with E-state index in [-0.39, 0.29) is 5.91 Å². The molecule has 0 bridgehead atoms. The maximum atomic E-state index is 12.3. The van der Waals surface area contributed by atoms with Gasteiger partial charge in [-0.25, -0.2) is 0 Å². The zero-order valence-electron chi connectivity index (χ0n) is 11.6. The van der Waals surface area contributed by atoms with Gasteiger partial charge in [0.05, 0.1) is 2.74 Å². The summed E-state index contributed by atoms with van der Waals surface area (Å²) in [6, 6.07) is 17.4. The van der Waals surface area contributed by atoms with Crippen LogP contribution in [0.4, 0.5) is 0 Å². The quantitative estimate of drug-likeness (QED) is 0.789. The van der Waals surface area contributed by atoms with Gasteiger partial charge in [-0.05, 0) is 17.7 Å². The summed E-state index contributed by atoms with van der Waals surface area (Å²) in [6.45, 7) is -1.84.